The summed E-state index contributed by atoms with van der Waals surface area (Å²) in [5, 5.41) is 3.54. The van der Waals surface area contributed by atoms with Gasteiger partial charge in [-0.3, -0.25) is 0 Å². The molecule has 0 spiro atoms. The average Bonchev–Trinajstić information content (AvgIpc) is 2.42. The fraction of sp³-hybridized carbons (Fsp3) is 0.562. The Bertz CT molecular complexity index is 456. The largest absolute Gasteiger partial charge is 0.465 e. The molecular formula is C16H23NO2. The van der Waals surface area contributed by atoms with Crippen LogP contribution in [0.3, 0.4) is 0 Å². The maximum absolute atomic E-state index is 11.8. The van der Waals surface area contributed by atoms with Crippen LogP contribution in [-0.4, -0.2) is 19.1 Å². The van der Waals surface area contributed by atoms with E-state index in [0.717, 1.165) is 11.3 Å². The number of ether oxygens (including phenoxy) is 1. The van der Waals surface area contributed by atoms with Crippen LogP contribution in [0, 0.1) is 12.8 Å². The third-order valence-corrected chi connectivity index (χ3v) is 4.03. The Morgan fingerprint density at radius 1 is 1.32 bits per heavy atom. The molecule has 2 unspecified atom stereocenters. The third-order valence-electron chi connectivity index (χ3n) is 4.03. The van der Waals surface area contributed by atoms with Crippen molar-refractivity contribution in [3.63, 3.8) is 0 Å². The van der Waals surface area contributed by atoms with Crippen LogP contribution in [0.1, 0.15) is 48.5 Å². The molecule has 0 saturated heterocycles. The summed E-state index contributed by atoms with van der Waals surface area (Å²) in [5.74, 6) is 0.384. The minimum Gasteiger partial charge on any atom is -0.465 e. The van der Waals surface area contributed by atoms with Crippen molar-refractivity contribution in [2.45, 2.75) is 45.6 Å². The molecular weight excluding hydrogens is 238 g/mol. The SMILES string of the molecule is COC(=O)c1cc(C)ccc1NC1CCCCC1C. The van der Waals surface area contributed by atoms with Gasteiger partial charge in [-0.25, -0.2) is 4.79 Å². The number of aryl methyl sites for hydroxylation is 1. The van der Waals surface area contributed by atoms with E-state index in [9.17, 15) is 4.79 Å². The molecule has 1 aliphatic rings. The van der Waals surface area contributed by atoms with Crippen molar-refractivity contribution in [1.29, 1.82) is 0 Å². The summed E-state index contributed by atoms with van der Waals surface area (Å²) in [6.07, 6.45) is 5.02. The zero-order valence-corrected chi connectivity index (χ0v) is 12.0. The van der Waals surface area contributed by atoms with E-state index < -0.39 is 0 Å². The second-order valence-corrected chi connectivity index (χ2v) is 5.55. The van der Waals surface area contributed by atoms with Crippen molar-refractivity contribution >= 4 is 11.7 Å². The fourth-order valence-electron chi connectivity index (χ4n) is 2.79. The van der Waals surface area contributed by atoms with Crippen molar-refractivity contribution in [2.75, 3.05) is 12.4 Å². The number of methoxy groups -OCH3 is 1. The highest BCUT2D eigenvalue weighted by molar-refractivity contribution is 5.95. The van der Waals surface area contributed by atoms with Crippen LogP contribution in [0.25, 0.3) is 0 Å². The molecule has 1 saturated carbocycles. The van der Waals surface area contributed by atoms with Gasteiger partial charge in [0.2, 0.25) is 0 Å². The first kappa shape index (κ1) is 13.9. The first-order chi connectivity index (χ1) is 9.11. The minimum atomic E-state index is -0.269. The summed E-state index contributed by atoms with van der Waals surface area (Å²) in [4.78, 5) is 11.8. The summed E-state index contributed by atoms with van der Waals surface area (Å²) in [7, 11) is 1.43. The van der Waals surface area contributed by atoms with Gasteiger partial charge in [0.15, 0.2) is 0 Å². The maximum Gasteiger partial charge on any atom is 0.339 e. The van der Waals surface area contributed by atoms with E-state index in [1.807, 2.05) is 25.1 Å². The molecule has 3 heteroatoms. The van der Waals surface area contributed by atoms with Crippen LogP contribution in [-0.2, 0) is 4.74 Å². The molecule has 0 radical (unpaired) electrons. The Kier molecular flexibility index (Phi) is 4.46. The molecule has 3 nitrogen and oxygen atoms in total. The number of hydrogen-bond acceptors (Lipinski definition) is 3. The van der Waals surface area contributed by atoms with Crippen LogP contribution < -0.4 is 5.32 Å². The van der Waals surface area contributed by atoms with Gasteiger partial charge < -0.3 is 10.1 Å². The van der Waals surface area contributed by atoms with E-state index in [1.54, 1.807) is 0 Å². The summed E-state index contributed by atoms with van der Waals surface area (Å²) < 4.78 is 4.87. The lowest BCUT2D eigenvalue weighted by Crippen LogP contribution is -2.31. The lowest BCUT2D eigenvalue weighted by atomic mass is 9.85. The first-order valence-corrected chi connectivity index (χ1v) is 7.07. The molecule has 1 N–H and O–H groups in total. The second-order valence-electron chi connectivity index (χ2n) is 5.55. The van der Waals surface area contributed by atoms with Gasteiger partial charge >= 0.3 is 5.97 Å². The number of carbonyl (C=O) groups is 1. The standard InChI is InChI=1S/C16H23NO2/c1-11-8-9-15(13(10-11)16(18)19-3)17-14-7-5-4-6-12(14)2/h8-10,12,14,17H,4-7H2,1-3H3. The highest BCUT2D eigenvalue weighted by atomic mass is 16.5. The molecule has 0 bridgehead atoms. The van der Waals surface area contributed by atoms with Crippen LogP contribution in [0.15, 0.2) is 18.2 Å². The Balaban J connectivity index is 2.21. The average molecular weight is 261 g/mol. The minimum absolute atomic E-state index is 0.269. The van der Waals surface area contributed by atoms with E-state index in [4.69, 9.17) is 4.74 Å². The van der Waals surface area contributed by atoms with E-state index in [0.29, 0.717) is 17.5 Å². The Morgan fingerprint density at radius 2 is 2.05 bits per heavy atom. The van der Waals surface area contributed by atoms with Crippen LogP contribution in [0.5, 0.6) is 0 Å². The van der Waals surface area contributed by atoms with Gasteiger partial charge in [0.1, 0.15) is 0 Å². The maximum atomic E-state index is 11.8. The topological polar surface area (TPSA) is 38.3 Å². The van der Waals surface area contributed by atoms with Gasteiger partial charge in [0.05, 0.1) is 12.7 Å². The summed E-state index contributed by atoms with van der Waals surface area (Å²) in [6.45, 7) is 4.27. The number of rotatable bonds is 3. The van der Waals surface area contributed by atoms with Gasteiger partial charge in [-0.15, -0.1) is 0 Å². The summed E-state index contributed by atoms with van der Waals surface area (Å²) in [6, 6.07) is 6.37. The lowest BCUT2D eigenvalue weighted by molar-refractivity contribution is 0.0601. The molecule has 104 valence electrons. The fourth-order valence-corrected chi connectivity index (χ4v) is 2.79. The molecule has 0 heterocycles. The molecule has 1 aliphatic carbocycles. The van der Waals surface area contributed by atoms with Gasteiger partial charge in [-0.05, 0) is 37.8 Å². The Morgan fingerprint density at radius 3 is 2.74 bits per heavy atom. The van der Waals surface area contributed by atoms with E-state index in [2.05, 4.69) is 12.2 Å². The molecule has 0 aliphatic heterocycles. The first-order valence-electron chi connectivity index (χ1n) is 7.07. The van der Waals surface area contributed by atoms with Crippen molar-refractivity contribution in [1.82, 2.24) is 0 Å². The number of carbonyl (C=O) groups excluding carboxylic acids is 1. The third kappa shape index (κ3) is 3.28. The Labute approximate surface area is 115 Å². The second kappa shape index (κ2) is 6.09. The predicted octanol–water partition coefficient (Wildman–Crippen LogP) is 3.77. The van der Waals surface area contributed by atoms with Crippen LogP contribution in [0.2, 0.25) is 0 Å². The van der Waals surface area contributed by atoms with Gasteiger partial charge in [-0.1, -0.05) is 31.4 Å². The van der Waals surface area contributed by atoms with Crippen LogP contribution >= 0.6 is 0 Å². The number of esters is 1. The highest BCUT2D eigenvalue weighted by Crippen LogP contribution is 2.28. The molecule has 0 amide bonds. The van der Waals surface area contributed by atoms with Gasteiger partial charge in [-0.2, -0.15) is 0 Å². The lowest BCUT2D eigenvalue weighted by Gasteiger charge is -2.31. The normalized spacial score (nSPS) is 22.9. The van der Waals surface area contributed by atoms with Gasteiger partial charge in [0, 0.05) is 11.7 Å². The number of anilines is 1. The molecule has 2 rings (SSSR count). The Hall–Kier alpha value is -1.51. The smallest absolute Gasteiger partial charge is 0.339 e. The van der Waals surface area contributed by atoms with E-state index in [-0.39, 0.29) is 5.97 Å². The molecule has 2 atom stereocenters. The van der Waals surface area contributed by atoms with Gasteiger partial charge in [0.25, 0.3) is 0 Å². The summed E-state index contributed by atoms with van der Waals surface area (Å²) >= 11 is 0. The molecule has 1 aromatic rings. The number of benzene rings is 1. The van der Waals surface area contributed by atoms with Crippen molar-refractivity contribution in [2.24, 2.45) is 5.92 Å². The van der Waals surface area contributed by atoms with E-state index in [1.165, 1.54) is 32.8 Å². The number of nitrogens with one attached hydrogen (secondary N) is 1. The predicted molar refractivity (Wildman–Crippen MR) is 77.6 cm³/mol. The highest BCUT2D eigenvalue weighted by Gasteiger charge is 2.23. The molecule has 19 heavy (non-hydrogen) atoms. The number of hydrogen-bond donors (Lipinski definition) is 1. The van der Waals surface area contributed by atoms with Crippen molar-refractivity contribution in [3.8, 4) is 0 Å². The molecule has 0 aromatic heterocycles. The quantitative estimate of drug-likeness (QED) is 0.842. The molecule has 1 fully saturated rings. The van der Waals surface area contributed by atoms with Crippen molar-refractivity contribution < 1.29 is 9.53 Å². The van der Waals surface area contributed by atoms with Crippen LogP contribution in [0.4, 0.5) is 5.69 Å². The molecule has 1 aromatic carbocycles. The monoisotopic (exact) mass is 261 g/mol. The van der Waals surface area contributed by atoms with E-state index >= 15 is 0 Å². The zero-order valence-electron chi connectivity index (χ0n) is 12.0. The zero-order chi connectivity index (χ0) is 13.8. The summed E-state index contributed by atoms with van der Waals surface area (Å²) in [5.41, 5.74) is 2.61. The van der Waals surface area contributed by atoms with Crippen molar-refractivity contribution in [3.05, 3.63) is 29.3 Å².